The minimum Gasteiger partial charge on any atom is -0.481 e. The Morgan fingerprint density at radius 3 is 2.62 bits per heavy atom. The van der Waals surface area contributed by atoms with E-state index in [1.165, 1.54) is 0 Å². The van der Waals surface area contributed by atoms with Crippen molar-refractivity contribution in [3.63, 3.8) is 0 Å². The molecule has 2 unspecified atom stereocenters. The smallest absolute Gasteiger partial charge is 0.305 e. The van der Waals surface area contributed by atoms with E-state index in [-0.39, 0.29) is 24.3 Å². The third-order valence-electron chi connectivity index (χ3n) is 3.01. The molecule has 1 amide bonds. The van der Waals surface area contributed by atoms with Gasteiger partial charge in [0.25, 0.3) is 0 Å². The monoisotopic (exact) mass is 291 g/mol. The normalized spacial score (nSPS) is 22.9. The summed E-state index contributed by atoms with van der Waals surface area (Å²) in [6.45, 7) is 4.60. The van der Waals surface area contributed by atoms with Gasteiger partial charge in [-0.3, -0.25) is 9.59 Å². The van der Waals surface area contributed by atoms with Crippen LogP contribution in [0.5, 0.6) is 0 Å². The van der Waals surface area contributed by atoms with Gasteiger partial charge in [-0.15, -0.1) is 0 Å². The molecular weight excluding hydrogens is 274 g/mol. The number of carboxylic acid groups (broad SMARTS) is 1. The van der Waals surface area contributed by atoms with Gasteiger partial charge in [-0.05, 0) is 11.8 Å². The van der Waals surface area contributed by atoms with Crippen molar-refractivity contribution in [2.75, 3.05) is 11.9 Å². The number of carboxylic acids is 1. The topological polar surface area (TPSA) is 57.6 Å². The molecule has 92 valence electrons. The number of likely N-dealkylation sites (tertiary alicyclic amines) is 1. The number of carbonyl (C=O) groups excluding carboxylic acids is 1. The van der Waals surface area contributed by atoms with Gasteiger partial charge in [0.2, 0.25) is 5.91 Å². The second-order valence-corrected chi connectivity index (χ2v) is 5.33. The van der Waals surface area contributed by atoms with Gasteiger partial charge in [-0.25, -0.2) is 0 Å². The van der Waals surface area contributed by atoms with Gasteiger partial charge in [-0.1, -0.05) is 29.8 Å². The molecule has 0 aromatic carbocycles. The van der Waals surface area contributed by atoms with Crippen LogP contribution >= 0.6 is 15.9 Å². The maximum atomic E-state index is 11.8. The van der Waals surface area contributed by atoms with E-state index in [1.807, 2.05) is 13.8 Å². The molecule has 0 spiro atoms. The number of nitrogens with zero attached hydrogens (tertiary/aromatic N) is 1. The van der Waals surface area contributed by atoms with Crippen molar-refractivity contribution in [1.29, 1.82) is 0 Å². The third-order valence-corrected chi connectivity index (χ3v) is 3.93. The van der Waals surface area contributed by atoms with Crippen LogP contribution < -0.4 is 0 Å². The van der Waals surface area contributed by atoms with Gasteiger partial charge in [0.15, 0.2) is 0 Å². The zero-order chi connectivity index (χ0) is 12.3. The van der Waals surface area contributed by atoms with E-state index in [0.29, 0.717) is 18.9 Å². The van der Waals surface area contributed by atoms with Crippen molar-refractivity contribution in [3.05, 3.63) is 0 Å². The molecule has 0 radical (unpaired) electrons. The highest BCUT2D eigenvalue weighted by atomic mass is 79.9. The Balaban J connectivity index is 2.71. The van der Waals surface area contributed by atoms with Crippen molar-refractivity contribution >= 4 is 27.8 Å². The molecule has 1 N–H and O–H groups in total. The average molecular weight is 292 g/mol. The van der Waals surface area contributed by atoms with Crippen LogP contribution in [0.25, 0.3) is 0 Å². The first-order valence-corrected chi connectivity index (χ1v) is 6.65. The lowest BCUT2D eigenvalue weighted by molar-refractivity contribution is -0.140. The molecule has 2 atom stereocenters. The molecule has 16 heavy (non-hydrogen) atoms. The summed E-state index contributed by atoms with van der Waals surface area (Å²) in [6.07, 6.45) is 0.576. The lowest BCUT2D eigenvalue weighted by Crippen LogP contribution is -2.41. The fraction of sp³-hybridized carbons (Fsp3) is 0.818. The minimum absolute atomic E-state index is 0.0401. The number of amides is 1. The molecule has 0 aliphatic carbocycles. The highest BCUT2D eigenvalue weighted by Gasteiger charge is 2.35. The Morgan fingerprint density at radius 2 is 2.25 bits per heavy atom. The fourth-order valence-electron chi connectivity index (χ4n) is 2.12. The van der Waals surface area contributed by atoms with Crippen LogP contribution in [0.4, 0.5) is 0 Å². The van der Waals surface area contributed by atoms with Crippen molar-refractivity contribution in [2.24, 2.45) is 11.8 Å². The summed E-state index contributed by atoms with van der Waals surface area (Å²) in [4.78, 5) is 24.3. The number of halogens is 1. The van der Waals surface area contributed by atoms with Crippen LogP contribution in [-0.2, 0) is 9.59 Å². The van der Waals surface area contributed by atoms with Crippen LogP contribution in [0.15, 0.2) is 0 Å². The number of hydrogen-bond acceptors (Lipinski definition) is 2. The summed E-state index contributed by atoms with van der Waals surface area (Å²) in [5.41, 5.74) is 0. The predicted molar refractivity (Wildman–Crippen MR) is 64.5 cm³/mol. The molecule has 4 nitrogen and oxygen atoms in total. The number of hydrogen-bond donors (Lipinski definition) is 1. The molecule has 1 aliphatic heterocycles. The summed E-state index contributed by atoms with van der Waals surface area (Å²) in [5, 5.41) is 9.65. The van der Waals surface area contributed by atoms with Gasteiger partial charge < -0.3 is 10.0 Å². The molecule has 0 bridgehead atoms. The Bertz CT molecular complexity index is 280. The molecule has 0 saturated carbocycles. The summed E-state index contributed by atoms with van der Waals surface area (Å²) in [6, 6.07) is -0.172. The summed E-state index contributed by atoms with van der Waals surface area (Å²) >= 11 is 3.37. The highest BCUT2D eigenvalue weighted by molar-refractivity contribution is 9.09. The summed E-state index contributed by atoms with van der Waals surface area (Å²) < 4.78 is 0. The highest BCUT2D eigenvalue weighted by Crippen LogP contribution is 2.26. The average Bonchev–Trinajstić information content (AvgIpc) is 2.55. The molecule has 1 aliphatic rings. The lowest BCUT2D eigenvalue weighted by atomic mass is 9.99. The van der Waals surface area contributed by atoms with Crippen molar-refractivity contribution < 1.29 is 14.7 Å². The lowest BCUT2D eigenvalue weighted by Gasteiger charge is -2.30. The molecule has 0 aromatic heterocycles. The minimum atomic E-state index is -0.839. The Labute approximate surface area is 104 Å². The van der Waals surface area contributed by atoms with Crippen molar-refractivity contribution in [1.82, 2.24) is 4.90 Å². The van der Waals surface area contributed by atoms with Crippen molar-refractivity contribution in [3.8, 4) is 0 Å². The third kappa shape index (κ3) is 3.20. The van der Waals surface area contributed by atoms with Gasteiger partial charge in [0, 0.05) is 24.3 Å². The van der Waals surface area contributed by atoms with Crippen LogP contribution in [0, 0.1) is 11.8 Å². The standard InChI is InChI=1S/C11H18BrNO3/c1-7(2)9(4-11(15)16)13-6-8(5-12)3-10(13)14/h7-9H,3-6H2,1-2H3,(H,15,16). The maximum absolute atomic E-state index is 11.8. The van der Waals surface area contributed by atoms with Gasteiger partial charge in [-0.2, -0.15) is 0 Å². The van der Waals surface area contributed by atoms with Crippen LogP contribution in [-0.4, -0.2) is 39.8 Å². The van der Waals surface area contributed by atoms with E-state index in [0.717, 1.165) is 5.33 Å². The number of carbonyl (C=O) groups is 2. The first kappa shape index (κ1) is 13.5. The van der Waals surface area contributed by atoms with Gasteiger partial charge in [0.1, 0.15) is 0 Å². The first-order valence-electron chi connectivity index (χ1n) is 5.53. The Hall–Kier alpha value is -0.580. The second kappa shape index (κ2) is 5.66. The molecule has 1 saturated heterocycles. The summed E-state index contributed by atoms with van der Waals surface area (Å²) in [7, 11) is 0. The molecule has 0 aromatic rings. The molecule has 1 heterocycles. The number of alkyl halides is 1. The summed E-state index contributed by atoms with van der Waals surface area (Å²) in [5.74, 6) is -0.255. The SMILES string of the molecule is CC(C)C(CC(=O)O)N1CC(CBr)CC1=O. The predicted octanol–water partition coefficient (Wildman–Crippen LogP) is 1.73. The van der Waals surface area contributed by atoms with Gasteiger partial charge >= 0.3 is 5.97 Å². The number of aliphatic carboxylic acids is 1. The molecule has 5 heteroatoms. The van der Waals surface area contributed by atoms with Crippen LogP contribution in [0.1, 0.15) is 26.7 Å². The Kier molecular flexibility index (Phi) is 4.77. The largest absolute Gasteiger partial charge is 0.481 e. The van der Waals surface area contributed by atoms with E-state index in [2.05, 4.69) is 15.9 Å². The molecular formula is C11H18BrNO3. The van der Waals surface area contributed by atoms with E-state index in [9.17, 15) is 9.59 Å². The zero-order valence-corrected chi connectivity index (χ0v) is 11.2. The van der Waals surface area contributed by atoms with E-state index < -0.39 is 5.97 Å². The van der Waals surface area contributed by atoms with E-state index >= 15 is 0 Å². The first-order chi connectivity index (χ1) is 7.45. The Morgan fingerprint density at radius 1 is 1.62 bits per heavy atom. The van der Waals surface area contributed by atoms with Gasteiger partial charge in [0.05, 0.1) is 6.42 Å². The zero-order valence-electron chi connectivity index (χ0n) is 9.65. The van der Waals surface area contributed by atoms with E-state index in [4.69, 9.17) is 5.11 Å². The van der Waals surface area contributed by atoms with E-state index in [1.54, 1.807) is 4.90 Å². The quantitative estimate of drug-likeness (QED) is 0.785. The number of rotatable bonds is 5. The van der Waals surface area contributed by atoms with Crippen molar-refractivity contribution in [2.45, 2.75) is 32.7 Å². The molecule has 1 rings (SSSR count). The second-order valence-electron chi connectivity index (χ2n) is 4.68. The van der Waals surface area contributed by atoms with Crippen LogP contribution in [0.3, 0.4) is 0 Å². The van der Waals surface area contributed by atoms with Crippen LogP contribution in [0.2, 0.25) is 0 Å². The fourth-order valence-corrected chi connectivity index (χ4v) is 2.55. The molecule has 1 fully saturated rings. The maximum Gasteiger partial charge on any atom is 0.305 e.